The summed E-state index contributed by atoms with van der Waals surface area (Å²) in [6.07, 6.45) is 6.39. The summed E-state index contributed by atoms with van der Waals surface area (Å²) >= 11 is 0. The SMILES string of the molecule is CCC1(O)CC(O)C2C3CCC4CC(=O)C=C(O)C4(C)C3CCC21C. The summed E-state index contributed by atoms with van der Waals surface area (Å²) in [5.41, 5.74) is -1.40. The average molecular weight is 348 g/mol. The predicted molar refractivity (Wildman–Crippen MR) is 94.8 cm³/mol. The molecule has 4 heteroatoms. The summed E-state index contributed by atoms with van der Waals surface area (Å²) in [6, 6.07) is 0. The van der Waals surface area contributed by atoms with Crippen LogP contribution in [-0.2, 0) is 4.79 Å². The minimum atomic E-state index is -0.791. The molecule has 0 aromatic heterocycles. The molecule has 4 aliphatic carbocycles. The smallest absolute Gasteiger partial charge is 0.159 e. The van der Waals surface area contributed by atoms with Crippen LogP contribution in [0.4, 0.5) is 0 Å². The minimum Gasteiger partial charge on any atom is -0.512 e. The molecule has 4 aliphatic rings. The maximum absolute atomic E-state index is 11.9. The van der Waals surface area contributed by atoms with E-state index in [4.69, 9.17) is 0 Å². The summed E-state index contributed by atoms with van der Waals surface area (Å²) in [5.74, 6) is 1.17. The van der Waals surface area contributed by atoms with Gasteiger partial charge in [0, 0.05) is 29.7 Å². The molecule has 0 aliphatic heterocycles. The van der Waals surface area contributed by atoms with Crippen molar-refractivity contribution in [3.63, 3.8) is 0 Å². The van der Waals surface area contributed by atoms with Gasteiger partial charge >= 0.3 is 0 Å². The van der Waals surface area contributed by atoms with Crippen LogP contribution in [0, 0.1) is 34.5 Å². The number of fused-ring (bicyclic) bond motifs is 5. The van der Waals surface area contributed by atoms with Gasteiger partial charge in [-0.25, -0.2) is 0 Å². The largest absolute Gasteiger partial charge is 0.512 e. The Bertz CT molecular complexity index is 627. The van der Waals surface area contributed by atoms with E-state index in [1.54, 1.807) is 0 Å². The van der Waals surface area contributed by atoms with Crippen molar-refractivity contribution in [2.24, 2.45) is 34.5 Å². The van der Waals surface area contributed by atoms with Gasteiger partial charge in [0.05, 0.1) is 11.7 Å². The van der Waals surface area contributed by atoms with Crippen molar-refractivity contribution in [1.29, 1.82) is 0 Å². The Morgan fingerprint density at radius 1 is 1.24 bits per heavy atom. The van der Waals surface area contributed by atoms with E-state index in [0.717, 1.165) is 25.7 Å². The number of ketones is 1. The summed E-state index contributed by atoms with van der Waals surface area (Å²) in [7, 11) is 0. The van der Waals surface area contributed by atoms with Crippen molar-refractivity contribution in [3.8, 4) is 0 Å². The molecule has 8 unspecified atom stereocenters. The zero-order valence-electron chi connectivity index (χ0n) is 15.7. The molecule has 0 spiro atoms. The van der Waals surface area contributed by atoms with Crippen molar-refractivity contribution in [2.75, 3.05) is 0 Å². The van der Waals surface area contributed by atoms with Gasteiger partial charge in [-0.2, -0.15) is 0 Å². The number of rotatable bonds is 1. The van der Waals surface area contributed by atoms with Gasteiger partial charge in [-0.15, -0.1) is 0 Å². The van der Waals surface area contributed by atoms with Crippen molar-refractivity contribution >= 4 is 5.78 Å². The highest BCUT2D eigenvalue weighted by atomic mass is 16.3. The van der Waals surface area contributed by atoms with Gasteiger partial charge in [0.15, 0.2) is 5.78 Å². The van der Waals surface area contributed by atoms with Gasteiger partial charge in [-0.3, -0.25) is 4.79 Å². The van der Waals surface area contributed by atoms with Crippen molar-refractivity contribution in [2.45, 2.75) is 77.4 Å². The normalized spacial score (nSPS) is 55.2. The summed E-state index contributed by atoms with van der Waals surface area (Å²) < 4.78 is 0. The molecule has 0 heterocycles. The quantitative estimate of drug-likeness (QED) is 0.679. The van der Waals surface area contributed by atoms with Crippen LogP contribution in [0.3, 0.4) is 0 Å². The maximum atomic E-state index is 11.9. The molecule has 4 nitrogen and oxygen atoms in total. The lowest BCUT2D eigenvalue weighted by Gasteiger charge is -2.60. The number of hydrogen-bond donors (Lipinski definition) is 3. The fraction of sp³-hybridized carbons (Fsp3) is 0.857. The molecule has 3 fully saturated rings. The Balaban J connectivity index is 1.74. The molecule has 0 aromatic carbocycles. The lowest BCUT2D eigenvalue weighted by molar-refractivity contribution is -0.155. The van der Waals surface area contributed by atoms with Crippen molar-refractivity contribution in [1.82, 2.24) is 0 Å². The van der Waals surface area contributed by atoms with Crippen LogP contribution in [0.15, 0.2) is 11.8 Å². The van der Waals surface area contributed by atoms with E-state index >= 15 is 0 Å². The van der Waals surface area contributed by atoms with Gasteiger partial charge in [0.25, 0.3) is 0 Å². The number of allylic oxidation sites excluding steroid dienone is 2. The van der Waals surface area contributed by atoms with E-state index in [0.29, 0.717) is 25.2 Å². The van der Waals surface area contributed by atoms with Crippen LogP contribution in [0.2, 0.25) is 0 Å². The summed E-state index contributed by atoms with van der Waals surface area (Å²) in [5, 5.41) is 32.8. The van der Waals surface area contributed by atoms with E-state index in [1.807, 2.05) is 6.92 Å². The molecule has 0 amide bonds. The molecular formula is C21H32O4. The second-order valence-corrected chi connectivity index (χ2v) is 9.67. The molecule has 140 valence electrons. The first-order valence-corrected chi connectivity index (χ1v) is 10.0. The molecule has 3 N–H and O–H groups in total. The van der Waals surface area contributed by atoms with Crippen LogP contribution in [0.25, 0.3) is 0 Å². The molecular weight excluding hydrogens is 316 g/mol. The van der Waals surface area contributed by atoms with Crippen LogP contribution in [-0.4, -0.2) is 32.8 Å². The Kier molecular flexibility index (Phi) is 3.73. The van der Waals surface area contributed by atoms with Crippen LogP contribution < -0.4 is 0 Å². The van der Waals surface area contributed by atoms with Gasteiger partial charge in [0.2, 0.25) is 0 Å². The Labute approximate surface area is 150 Å². The topological polar surface area (TPSA) is 77.8 Å². The zero-order valence-corrected chi connectivity index (χ0v) is 15.7. The third kappa shape index (κ3) is 2.04. The third-order valence-corrected chi connectivity index (χ3v) is 9.06. The molecule has 0 saturated heterocycles. The van der Waals surface area contributed by atoms with Gasteiger partial charge in [-0.05, 0) is 55.8 Å². The number of hydrogen-bond acceptors (Lipinski definition) is 4. The fourth-order valence-corrected chi connectivity index (χ4v) is 7.51. The number of aliphatic hydroxyl groups is 3. The standard InChI is InChI=1S/C21H32O4/c1-4-21(25)11-16(23)18-14-6-5-12-9-13(22)10-17(24)20(12,3)15(14)7-8-19(18,21)2/h10,12,14-16,18,23-25H,4-9,11H2,1-3H3. The van der Waals surface area contributed by atoms with Crippen LogP contribution in [0.1, 0.15) is 65.7 Å². The van der Waals surface area contributed by atoms with Gasteiger partial charge in [-0.1, -0.05) is 20.8 Å². The van der Waals surface area contributed by atoms with Crippen LogP contribution in [0.5, 0.6) is 0 Å². The lowest BCUT2D eigenvalue weighted by Crippen LogP contribution is -2.57. The average Bonchev–Trinajstić information content (AvgIpc) is 2.76. The third-order valence-electron chi connectivity index (χ3n) is 9.06. The Morgan fingerprint density at radius 3 is 2.64 bits per heavy atom. The van der Waals surface area contributed by atoms with Crippen molar-refractivity contribution in [3.05, 3.63) is 11.8 Å². The zero-order chi connectivity index (χ0) is 18.2. The molecule has 0 radical (unpaired) electrons. The monoisotopic (exact) mass is 348 g/mol. The fourth-order valence-electron chi connectivity index (χ4n) is 7.51. The molecule has 0 bridgehead atoms. The molecule has 8 atom stereocenters. The summed E-state index contributed by atoms with van der Waals surface area (Å²) in [4.78, 5) is 11.9. The second kappa shape index (κ2) is 5.32. The van der Waals surface area contributed by atoms with Gasteiger partial charge < -0.3 is 15.3 Å². The summed E-state index contributed by atoms with van der Waals surface area (Å²) in [6.45, 7) is 6.32. The Morgan fingerprint density at radius 2 is 1.96 bits per heavy atom. The van der Waals surface area contributed by atoms with E-state index in [9.17, 15) is 20.1 Å². The molecule has 3 saturated carbocycles. The number of carbonyl (C=O) groups is 1. The van der Waals surface area contributed by atoms with E-state index < -0.39 is 11.7 Å². The minimum absolute atomic E-state index is 0.0420. The van der Waals surface area contributed by atoms with E-state index in [-0.39, 0.29) is 40.1 Å². The highest BCUT2D eigenvalue weighted by molar-refractivity contribution is 5.91. The van der Waals surface area contributed by atoms with E-state index in [1.165, 1.54) is 6.08 Å². The van der Waals surface area contributed by atoms with E-state index in [2.05, 4.69) is 13.8 Å². The van der Waals surface area contributed by atoms with Gasteiger partial charge in [0.1, 0.15) is 5.76 Å². The first kappa shape index (κ1) is 17.5. The highest BCUT2D eigenvalue weighted by Crippen LogP contribution is 2.68. The first-order valence-electron chi connectivity index (χ1n) is 10.0. The van der Waals surface area contributed by atoms with Crippen molar-refractivity contribution < 1.29 is 20.1 Å². The number of carbonyl (C=O) groups excluding carboxylic acids is 1. The Hall–Kier alpha value is -0.870. The maximum Gasteiger partial charge on any atom is 0.159 e. The molecule has 0 aromatic rings. The highest BCUT2D eigenvalue weighted by Gasteiger charge is 2.67. The predicted octanol–water partition coefficient (Wildman–Crippen LogP) is 3.37. The van der Waals surface area contributed by atoms with Crippen LogP contribution >= 0.6 is 0 Å². The number of aliphatic hydroxyl groups excluding tert-OH is 2. The first-order chi connectivity index (χ1) is 11.7. The molecule has 4 rings (SSSR count). The molecule has 25 heavy (non-hydrogen) atoms. The lowest BCUT2D eigenvalue weighted by atomic mass is 9.45. The second-order valence-electron chi connectivity index (χ2n) is 9.67.